The summed E-state index contributed by atoms with van der Waals surface area (Å²) < 4.78 is 18.5. The van der Waals surface area contributed by atoms with E-state index in [9.17, 15) is 9.18 Å². The van der Waals surface area contributed by atoms with Crippen LogP contribution in [0.2, 0.25) is 5.02 Å². The Labute approximate surface area is 140 Å². The Balaban J connectivity index is 1.93. The molecule has 1 N–H and O–H groups in total. The number of ether oxygens (including phenoxy) is 1. The number of aryl methyl sites for hydroxylation is 2. The second kappa shape index (κ2) is 7.47. The van der Waals surface area contributed by atoms with E-state index in [-0.39, 0.29) is 11.7 Å². The summed E-state index contributed by atoms with van der Waals surface area (Å²) in [4.78, 5) is 12.1. The van der Waals surface area contributed by atoms with Crippen LogP contribution in [0, 0.1) is 19.7 Å². The number of carbonyl (C=O) groups excluding carboxylic acids is 1. The van der Waals surface area contributed by atoms with Gasteiger partial charge in [0.2, 0.25) is 0 Å². The Kier molecular flexibility index (Phi) is 5.61. The maximum atomic E-state index is 12.8. The SMILES string of the molecule is Cc1cc(O[C@H](C)C(=O)NCc2ccc(F)cc2)cc(C)c1Cl. The highest BCUT2D eigenvalue weighted by atomic mass is 35.5. The average molecular weight is 336 g/mol. The molecule has 0 heterocycles. The third-order valence-corrected chi connectivity index (χ3v) is 4.07. The molecule has 0 aliphatic heterocycles. The summed E-state index contributed by atoms with van der Waals surface area (Å²) in [5.74, 6) is 0.0682. The lowest BCUT2D eigenvalue weighted by Gasteiger charge is -2.16. The van der Waals surface area contributed by atoms with Gasteiger partial charge in [-0.2, -0.15) is 0 Å². The molecule has 23 heavy (non-hydrogen) atoms. The minimum atomic E-state index is -0.643. The molecule has 0 bridgehead atoms. The number of hydrogen-bond acceptors (Lipinski definition) is 2. The zero-order valence-corrected chi connectivity index (χ0v) is 14.1. The Bertz CT molecular complexity index is 678. The maximum absolute atomic E-state index is 12.8. The van der Waals surface area contributed by atoms with E-state index >= 15 is 0 Å². The van der Waals surface area contributed by atoms with Gasteiger partial charge in [0.15, 0.2) is 6.10 Å². The molecule has 0 aliphatic carbocycles. The predicted octanol–water partition coefficient (Wildman–Crippen LogP) is 4.18. The van der Waals surface area contributed by atoms with Crippen molar-refractivity contribution in [1.82, 2.24) is 5.32 Å². The van der Waals surface area contributed by atoms with Crippen molar-refractivity contribution >= 4 is 17.5 Å². The number of benzene rings is 2. The third-order valence-electron chi connectivity index (χ3n) is 3.47. The fraction of sp³-hybridized carbons (Fsp3) is 0.278. The summed E-state index contributed by atoms with van der Waals surface area (Å²) in [7, 11) is 0. The number of amides is 1. The summed E-state index contributed by atoms with van der Waals surface area (Å²) in [6.07, 6.45) is -0.643. The Morgan fingerprint density at radius 1 is 1.22 bits per heavy atom. The van der Waals surface area contributed by atoms with E-state index in [4.69, 9.17) is 16.3 Å². The summed E-state index contributed by atoms with van der Waals surface area (Å²) in [5.41, 5.74) is 2.63. The van der Waals surface area contributed by atoms with Crippen LogP contribution in [0.25, 0.3) is 0 Å². The number of halogens is 2. The zero-order chi connectivity index (χ0) is 17.0. The minimum absolute atomic E-state index is 0.236. The topological polar surface area (TPSA) is 38.3 Å². The van der Waals surface area contributed by atoms with Crippen LogP contribution in [-0.4, -0.2) is 12.0 Å². The fourth-order valence-electron chi connectivity index (χ4n) is 2.17. The molecule has 0 fully saturated rings. The van der Waals surface area contributed by atoms with Gasteiger partial charge >= 0.3 is 0 Å². The maximum Gasteiger partial charge on any atom is 0.261 e. The summed E-state index contributed by atoms with van der Waals surface area (Å²) >= 11 is 6.12. The Morgan fingerprint density at radius 2 is 1.78 bits per heavy atom. The molecule has 1 amide bonds. The van der Waals surface area contributed by atoms with Gasteiger partial charge in [0.25, 0.3) is 5.91 Å². The van der Waals surface area contributed by atoms with Crippen molar-refractivity contribution in [1.29, 1.82) is 0 Å². The number of rotatable bonds is 5. The molecular weight excluding hydrogens is 317 g/mol. The lowest BCUT2D eigenvalue weighted by molar-refractivity contribution is -0.127. The van der Waals surface area contributed by atoms with Crippen molar-refractivity contribution in [3.8, 4) is 5.75 Å². The van der Waals surface area contributed by atoms with Gasteiger partial charge in [0.1, 0.15) is 11.6 Å². The van der Waals surface area contributed by atoms with E-state index in [2.05, 4.69) is 5.32 Å². The van der Waals surface area contributed by atoms with Gasteiger partial charge in [0.05, 0.1) is 0 Å². The van der Waals surface area contributed by atoms with Crippen LogP contribution in [0.15, 0.2) is 36.4 Å². The van der Waals surface area contributed by atoms with Crippen LogP contribution in [0.5, 0.6) is 5.75 Å². The van der Waals surface area contributed by atoms with Crippen LogP contribution in [0.4, 0.5) is 4.39 Å². The van der Waals surface area contributed by atoms with Crippen molar-refractivity contribution in [2.24, 2.45) is 0 Å². The molecule has 0 saturated heterocycles. The van der Waals surface area contributed by atoms with Gasteiger partial charge in [-0.25, -0.2) is 4.39 Å². The van der Waals surface area contributed by atoms with Crippen molar-refractivity contribution in [3.63, 3.8) is 0 Å². The molecule has 0 aliphatic rings. The molecule has 0 spiro atoms. The molecule has 5 heteroatoms. The molecule has 0 radical (unpaired) electrons. The number of hydrogen-bond donors (Lipinski definition) is 1. The van der Waals surface area contributed by atoms with Crippen LogP contribution in [0.1, 0.15) is 23.6 Å². The van der Waals surface area contributed by atoms with E-state index < -0.39 is 6.10 Å². The van der Waals surface area contributed by atoms with Crippen LogP contribution >= 0.6 is 11.6 Å². The van der Waals surface area contributed by atoms with E-state index in [1.807, 2.05) is 13.8 Å². The first-order valence-corrected chi connectivity index (χ1v) is 7.70. The standard InChI is InChI=1S/C18H19ClFNO2/c1-11-8-16(9-12(2)17(11)19)23-13(3)18(22)21-10-14-4-6-15(20)7-5-14/h4-9,13H,10H2,1-3H3,(H,21,22)/t13-/m1/s1. The molecule has 2 aromatic carbocycles. The van der Waals surface area contributed by atoms with E-state index in [1.165, 1.54) is 12.1 Å². The van der Waals surface area contributed by atoms with E-state index in [1.54, 1.807) is 31.2 Å². The predicted molar refractivity (Wildman–Crippen MR) is 89.3 cm³/mol. The molecule has 0 unspecified atom stereocenters. The average Bonchev–Trinajstić information content (AvgIpc) is 2.51. The lowest BCUT2D eigenvalue weighted by atomic mass is 10.1. The zero-order valence-electron chi connectivity index (χ0n) is 13.3. The fourth-order valence-corrected chi connectivity index (χ4v) is 2.28. The summed E-state index contributed by atoms with van der Waals surface area (Å²) in [6, 6.07) is 9.60. The van der Waals surface area contributed by atoms with E-state index in [0.717, 1.165) is 16.7 Å². The quantitative estimate of drug-likeness (QED) is 0.890. The molecule has 122 valence electrons. The first-order chi connectivity index (χ1) is 10.9. The first-order valence-electron chi connectivity index (χ1n) is 7.32. The third kappa shape index (κ3) is 4.70. The minimum Gasteiger partial charge on any atom is -0.481 e. The van der Waals surface area contributed by atoms with Gasteiger partial charge in [-0.3, -0.25) is 4.79 Å². The first kappa shape index (κ1) is 17.3. The van der Waals surface area contributed by atoms with Gasteiger partial charge in [-0.15, -0.1) is 0 Å². The van der Waals surface area contributed by atoms with Crippen molar-refractivity contribution in [3.05, 3.63) is 63.9 Å². The van der Waals surface area contributed by atoms with Crippen LogP contribution < -0.4 is 10.1 Å². The van der Waals surface area contributed by atoms with Gasteiger partial charge in [-0.1, -0.05) is 23.7 Å². The normalized spacial score (nSPS) is 11.9. The molecule has 3 nitrogen and oxygen atoms in total. The van der Waals surface area contributed by atoms with Crippen molar-refractivity contribution in [2.45, 2.75) is 33.4 Å². The van der Waals surface area contributed by atoms with Crippen LogP contribution in [-0.2, 0) is 11.3 Å². The monoisotopic (exact) mass is 335 g/mol. The van der Waals surface area contributed by atoms with Crippen molar-refractivity contribution in [2.75, 3.05) is 0 Å². The summed E-state index contributed by atoms with van der Waals surface area (Å²) in [5, 5.41) is 3.47. The largest absolute Gasteiger partial charge is 0.481 e. The van der Waals surface area contributed by atoms with Gasteiger partial charge in [-0.05, 0) is 61.7 Å². The molecular formula is C18H19ClFNO2. The molecule has 2 aromatic rings. The molecule has 0 aromatic heterocycles. The highest BCUT2D eigenvalue weighted by Crippen LogP contribution is 2.26. The number of nitrogens with one attached hydrogen (secondary N) is 1. The van der Waals surface area contributed by atoms with Crippen LogP contribution in [0.3, 0.4) is 0 Å². The highest BCUT2D eigenvalue weighted by molar-refractivity contribution is 6.32. The number of carbonyl (C=O) groups is 1. The molecule has 0 saturated carbocycles. The van der Waals surface area contributed by atoms with Crippen molar-refractivity contribution < 1.29 is 13.9 Å². The summed E-state index contributed by atoms with van der Waals surface area (Å²) in [6.45, 7) is 5.79. The second-order valence-corrected chi connectivity index (χ2v) is 5.85. The molecule has 1 atom stereocenters. The van der Waals surface area contributed by atoms with Gasteiger partial charge in [0, 0.05) is 11.6 Å². The Hall–Kier alpha value is -2.07. The lowest BCUT2D eigenvalue weighted by Crippen LogP contribution is -2.35. The smallest absolute Gasteiger partial charge is 0.261 e. The second-order valence-electron chi connectivity index (χ2n) is 5.48. The van der Waals surface area contributed by atoms with Gasteiger partial charge < -0.3 is 10.1 Å². The Morgan fingerprint density at radius 3 is 2.35 bits per heavy atom. The van der Waals surface area contributed by atoms with E-state index in [0.29, 0.717) is 17.3 Å². The molecule has 2 rings (SSSR count). The highest BCUT2D eigenvalue weighted by Gasteiger charge is 2.15.